The summed E-state index contributed by atoms with van der Waals surface area (Å²) in [6.07, 6.45) is 5.35. The SMILES string of the molecule is CCOC(=O)/C=C(\C)N[C@H]1C(=O)N(c2ccc(OC)cc2)[C@H]1/C=C/c1ccccc1. The normalized spacial score (nSPS) is 18.8. The molecule has 0 unspecified atom stereocenters. The maximum absolute atomic E-state index is 12.9. The predicted octanol–water partition coefficient (Wildman–Crippen LogP) is 3.55. The molecule has 1 saturated heterocycles. The molecule has 156 valence electrons. The zero-order valence-electron chi connectivity index (χ0n) is 17.4. The topological polar surface area (TPSA) is 67.9 Å². The van der Waals surface area contributed by atoms with Crippen LogP contribution < -0.4 is 15.0 Å². The van der Waals surface area contributed by atoms with E-state index in [1.807, 2.05) is 66.7 Å². The molecule has 2 aromatic carbocycles. The first kappa shape index (κ1) is 21.2. The average Bonchev–Trinajstić information content (AvgIpc) is 2.76. The monoisotopic (exact) mass is 406 g/mol. The number of benzene rings is 2. The van der Waals surface area contributed by atoms with Gasteiger partial charge in [0.25, 0.3) is 5.91 Å². The molecule has 1 aliphatic rings. The fourth-order valence-corrected chi connectivity index (χ4v) is 3.32. The maximum atomic E-state index is 12.9. The van der Waals surface area contributed by atoms with Gasteiger partial charge in [-0.2, -0.15) is 0 Å². The average molecular weight is 406 g/mol. The first-order valence-electron chi connectivity index (χ1n) is 9.85. The van der Waals surface area contributed by atoms with Crippen LogP contribution in [-0.2, 0) is 14.3 Å². The quantitative estimate of drug-likeness (QED) is 0.413. The lowest BCUT2D eigenvalue weighted by atomic mass is 9.92. The van der Waals surface area contributed by atoms with E-state index in [2.05, 4.69) is 5.32 Å². The summed E-state index contributed by atoms with van der Waals surface area (Å²) in [6.45, 7) is 3.80. The Balaban J connectivity index is 1.83. The van der Waals surface area contributed by atoms with E-state index >= 15 is 0 Å². The van der Waals surface area contributed by atoms with Crippen LogP contribution in [0.1, 0.15) is 19.4 Å². The summed E-state index contributed by atoms with van der Waals surface area (Å²) in [7, 11) is 1.60. The number of hydrogen-bond donors (Lipinski definition) is 1. The minimum atomic E-state index is -0.474. The van der Waals surface area contributed by atoms with Crippen LogP contribution in [0.4, 0.5) is 5.69 Å². The molecule has 6 nitrogen and oxygen atoms in total. The first-order chi connectivity index (χ1) is 14.5. The van der Waals surface area contributed by atoms with Crippen molar-refractivity contribution in [1.82, 2.24) is 5.32 Å². The summed E-state index contributed by atoms with van der Waals surface area (Å²) in [6, 6.07) is 16.6. The lowest BCUT2D eigenvalue weighted by Gasteiger charge is -2.46. The molecule has 1 N–H and O–H groups in total. The number of carbonyl (C=O) groups excluding carboxylic acids is 2. The molecule has 0 aromatic heterocycles. The van der Waals surface area contributed by atoms with Gasteiger partial charge in [-0.05, 0) is 43.7 Å². The van der Waals surface area contributed by atoms with Gasteiger partial charge in [-0.1, -0.05) is 42.5 Å². The minimum absolute atomic E-state index is 0.0699. The second-order valence-corrected chi connectivity index (χ2v) is 6.87. The van der Waals surface area contributed by atoms with Crippen LogP contribution >= 0.6 is 0 Å². The summed E-state index contributed by atoms with van der Waals surface area (Å²) in [4.78, 5) is 26.4. The highest BCUT2D eigenvalue weighted by Gasteiger charge is 2.46. The number of allylic oxidation sites excluding steroid dienone is 1. The molecule has 1 heterocycles. The molecule has 0 radical (unpaired) electrons. The van der Waals surface area contributed by atoms with E-state index in [-0.39, 0.29) is 11.9 Å². The van der Waals surface area contributed by atoms with Gasteiger partial charge in [-0.3, -0.25) is 4.79 Å². The highest BCUT2D eigenvalue weighted by Crippen LogP contribution is 2.31. The van der Waals surface area contributed by atoms with E-state index in [0.29, 0.717) is 12.3 Å². The summed E-state index contributed by atoms with van der Waals surface area (Å²) >= 11 is 0. The predicted molar refractivity (Wildman–Crippen MR) is 117 cm³/mol. The fourth-order valence-electron chi connectivity index (χ4n) is 3.32. The van der Waals surface area contributed by atoms with Gasteiger partial charge in [0, 0.05) is 17.5 Å². The molecule has 1 fully saturated rings. The molecule has 3 rings (SSSR count). The number of nitrogens with zero attached hydrogens (tertiary/aromatic N) is 1. The van der Waals surface area contributed by atoms with Crippen molar-refractivity contribution in [2.24, 2.45) is 0 Å². The maximum Gasteiger partial charge on any atom is 0.332 e. The van der Waals surface area contributed by atoms with E-state index in [9.17, 15) is 9.59 Å². The molecule has 0 bridgehead atoms. The highest BCUT2D eigenvalue weighted by atomic mass is 16.5. The van der Waals surface area contributed by atoms with Crippen molar-refractivity contribution in [1.29, 1.82) is 0 Å². The van der Waals surface area contributed by atoms with Crippen molar-refractivity contribution in [3.05, 3.63) is 78.0 Å². The Morgan fingerprint density at radius 2 is 1.83 bits per heavy atom. The van der Waals surface area contributed by atoms with Crippen LogP contribution in [-0.4, -0.2) is 37.7 Å². The third kappa shape index (κ3) is 4.89. The number of esters is 1. The molecule has 6 heteroatoms. The van der Waals surface area contributed by atoms with Gasteiger partial charge in [-0.15, -0.1) is 0 Å². The number of nitrogens with one attached hydrogen (secondary N) is 1. The van der Waals surface area contributed by atoms with Gasteiger partial charge in [0.2, 0.25) is 0 Å². The highest BCUT2D eigenvalue weighted by molar-refractivity contribution is 6.06. The van der Waals surface area contributed by atoms with Crippen molar-refractivity contribution < 1.29 is 19.1 Å². The second-order valence-electron chi connectivity index (χ2n) is 6.87. The number of carbonyl (C=O) groups is 2. The number of hydrogen-bond acceptors (Lipinski definition) is 5. The van der Waals surface area contributed by atoms with E-state index in [0.717, 1.165) is 17.0 Å². The summed E-state index contributed by atoms with van der Waals surface area (Å²) in [5.41, 5.74) is 2.41. The Kier molecular flexibility index (Phi) is 6.91. The van der Waals surface area contributed by atoms with Crippen LogP contribution in [0.5, 0.6) is 5.75 Å². The number of anilines is 1. The third-order valence-electron chi connectivity index (χ3n) is 4.78. The number of amides is 1. The lowest BCUT2D eigenvalue weighted by molar-refractivity contribution is -0.137. The largest absolute Gasteiger partial charge is 0.497 e. The minimum Gasteiger partial charge on any atom is -0.497 e. The fraction of sp³-hybridized carbons (Fsp3) is 0.250. The molecular weight excluding hydrogens is 380 g/mol. The molecule has 30 heavy (non-hydrogen) atoms. The number of methoxy groups -OCH3 is 1. The number of rotatable bonds is 8. The molecule has 2 atom stereocenters. The lowest BCUT2D eigenvalue weighted by Crippen LogP contribution is -2.69. The van der Waals surface area contributed by atoms with Crippen LogP contribution in [0.15, 0.2) is 72.4 Å². The second kappa shape index (κ2) is 9.78. The molecule has 1 aliphatic heterocycles. The third-order valence-corrected chi connectivity index (χ3v) is 4.78. The summed E-state index contributed by atoms with van der Waals surface area (Å²) < 4.78 is 10.1. The Labute approximate surface area is 176 Å². The zero-order chi connectivity index (χ0) is 21.5. The molecule has 0 saturated carbocycles. The molecule has 0 spiro atoms. The Hall–Kier alpha value is -3.54. The Morgan fingerprint density at radius 3 is 2.47 bits per heavy atom. The molecule has 2 aromatic rings. The van der Waals surface area contributed by atoms with Crippen LogP contribution in [0.25, 0.3) is 6.08 Å². The van der Waals surface area contributed by atoms with Crippen LogP contribution in [0.2, 0.25) is 0 Å². The van der Waals surface area contributed by atoms with Gasteiger partial charge in [0.05, 0.1) is 19.8 Å². The van der Waals surface area contributed by atoms with Gasteiger partial charge < -0.3 is 19.7 Å². The summed E-state index contributed by atoms with van der Waals surface area (Å²) in [5, 5.41) is 3.16. The Bertz CT molecular complexity index is 935. The summed E-state index contributed by atoms with van der Waals surface area (Å²) in [5.74, 6) is 0.225. The van der Waals surface area contributed by atoms with Crippen molar-refractivity contribution in [2.75, 3.05) is 18.6 Å². The van der Waals surface area contributed by atoms with Gasteiger partial charge >= 0.3 is 5.97 Å². The van der Waals surface area contributed by atoms with Crippen molar-refractivity contribution in [3.8, 4) is 5.75 Å². The van der Waals surface area contributed by atoms with Crippen LogP contribution in [0, 0.1) is 0 Å². The number of ether oxygens (including phenoxy) is 2. The van der Waals surface area contributed by atoms with Gasteiger partial charge in [0.1, 0.15) is 11.8 Å². The van der Waals surface area contributed by atoms with Gasteiger partial charge in [-0.25, -0.2) is 4.79 Å². The van der Waals surface area contributed by atoms with E-state index < -0.39 is 12.0 Å². The van der Waals surface area contributed by atoms with Crippen LogP contribution in [0.3, 0.4) is 0 Å². The van der Waals surface area contributed by atoms with Crippen molar-refractivity contribution in [2.45, 2.75) is 25.9 Å². The Morgan fingerprint density at radius 1 is 1.13 bits per heavy atom. The van der Waals surface area contributed by atoms with E-state index in [1.54, 1.807) is 25.9 Å². The molecular formula is C24H26N2O4. The van der Waals surface area contributed by atoms with E-state index in [4.69, 9.17) is 9.47 Å². The van der Waals surface area contributed by atoms with E-state index in [1.165, 1.54) is 6.08 Å². The van der Waals surface area contributed by atoms with Crippen molar-refractivity contribution in [3.63, 3.8) is 0 Å². The first-order valence-corrected chi connectivity index (χ1v) is 9.85. The van der Waals surface area contributed by atoms with Crippen molar-refractivity contribution >= 4 is 23.6 Å². The number of β-lactam (4-membered cyclic amide) rings is 1. The molecule has 1 amide bonds. The zero-order valence-corrected chi connectivity index (χ0v) is 17.4. The standard InChI is InChI=1S/C24H26N2O4/c1-4-30-22(27)16-17(2)25-23-21(15-10-18-8-6-5-7-9-18)26(24(23)28)19-11-13-20(29-3)14-12-19/h5-16,21,23,25H,4H2,1-3H3/b15-10+,17-16+/t21-,23+/m0/s1. The van der Waals surface area contributed by atoms with Gasteiger partial charge in [0.15, 0.2) is 0 Å². The smallest absolute Gasteiger partial charge is 0.332 e. The molecule has 0 aliphatic carbocycles.